The van der Waals surface area contributed by atoms with Crippen LogP contribution in [0, 0.1) is 6.92 Å². The number of benzene rings is 1. The van der Waals surface area contributed by atoms with Crippen LogP contribution < -0.4 is 16.1 Å². The summed E-state index contributed by atoms with van der Waals surface area (Å²) in [5.41, 5.74) is 4.71. The van der Waals surface area contributed by atoms with Crippen molar-refractivity contribution in [1.82, 2.24) is 14.9 Å². The Bertz CT molecular complexity index is 1170. The molecule has 3 aromatic rings. The van der Waals surface area contributed by atoms with E-state index in [9.17, 15) is 14.7 Å². The van der Waals surface area contributed by atoms with Crippen LogP contribution in [0.5, 0.6) is 5.75 Å². The fourth-order valence-corrected chi connectivity index (χ4v) is 4.15. The van der Waals surface area contributed by atoms with Gasteiger partial charge < -0.3 is 20.3 Å². The SMILES string of the molecule is Cc1c(O)c(=O)ccn1CC(=O)NCCCNc1c2c(nc3ccccc13)CCCC2. The maximum Gasteiger partial charge on any atom is 0.239 e. The second kappa shape index (κ2) is 9.20. The van der Waals surface area contributed by atoms with E-state index in [4.69, 9.17) is 4.98 Å². The Hall–Kier alpha value is -3.35. The summed E-state index contributed by atoms with van der Waals surface area (Å²) in [6.45, 7) is 2.98. The lowest BCUT2D eigenvalue weighted by Crippen LogP contribution is -2.30. The fraction of sp³-hybridized carbons (Fsp3) is 0.375. The van der Waals surface area contributed by atoms with Crippen molar-refractivity contribution >= 4 is 22.5 Å². The van der Waals surface area contributed by atoms with Gasteiger partial charge in [-0.25, -0.2) is 0 Å². The molecular weight excluding hydrogens is 392 g/mol. The van der Waals surface area contributed by atoms with Crippen LogP contribution in [0.25, 0.3) is 10.9 Å². The van der Waals surface area contributed by atoms with Crippen LogP contribution >= 0.6 is 0 Å². The number of aryl methyl sites for hydroxylation is 1. The van der Waals surface area contributed by atoms with E-state index < -0.39 is 5.43 Å². The van der Waals surface area contributed by atoms with Crippen LogP contribution in [-0.4, -0.2) is 33.7 Å². The summed E-state index contributed by atoms with van der Waals surface area (Å²) in [5.74, 6) is -0.467. The highest BCUT2D eigenvalue weighted by Gasteiger charge is 2.17. The number of para-hydroxylation sites is 1. The van der Waals surface area contributed by atoms with E-state index in [1.54, 1.807) is 11.5 Å². The van der Waals surface area contributed by atoms with Gasteiger partial charge >= 0.3 is 0 Å². The largest absolute Gasteiger partial charge is 0.503 e. The molecule has 1 amide bonds. The van der Waals surface area contributed by atoms with Crippen LogP contribution in [0.4, 0.5) is 5.69 Å². The quantitative estimate of drug-likeness (QED) is 0.511. The molecule has 0 unspecified atom stereocenters. The van der Waals surface area contributed by atoms with E-state index in [1.165, 1.54) is 42.0 Å². The predicted octanol–water partition coefficient (Wildman–Crippen LogP) is 2.91. The molecule has 1 aliphatic carbocycles. The molecule has 4 rings (SSSR count). The van der Waals surface area contributed by atoms with Gasteiger partial charge in [0.05, 0.1) is 11.2 Å². The third kappa shape index (κ3) is 4.55. The summed E-state index contributed by atoms with van der Waals surface area (Å²) in [7, 11) is 0. The first-order chi connectivity index (χ1) is 15.0. The molecule has 2 heterocycles. The second-order valence-corrected chi connectivity index (χ2v) is 8.01. The Morgan fingerprint density at radius 2 is 1.97 bits per heavy atom. The van der Waals surface area contributed by atoms with Crippen molar-refractivity contribution in [3.63, 3.8) is 0 Å². The number of fused-ring (bicyclic) bond motifs is 2. The number of hydrogen-bond donors (Lipinski definition) is 3. The van der Waals surface area contributed by atoms with E-state index in [-0.39, 0.29) is 18.2 Å². The zero-order valence-corrected chi connectivity index (χ0v) is 17.8. The smallest absolute Gasteiger partial charge is 0.239 e. The number of amides is 1. The number of hydrogen-bond acceptors (Lipinski definition) is 5. The summed E-state index contributed by atoms with van der Waals surface area (Å²) in [4.78, 5) is 28.5. The van der Waals surface area contributed by atoms with Crippen molar-refractivity contribution in [2.75, 3.05) is 18.4 Å². The number of carbonyl (C=O) groups is 1. The topological polar surface area (TPSA) is 96.2 Å². The number of rotatable bonds is 7. The number of pyridine rings is 2. The molecule has 2 aromatic heterocycles. The lowest BCUT2D eigenvalue weighted by atomic mass is 9.92. The first-order valence-corrected chi connectivity index (χ1v) is 10.8. The first kappa shape index (κ1) is 20.9. The maximum absolute atomic E-state index is 12.2. The first-order valence-electron chi connectivity index (χ1n) is 10.8. The van der Waals surface area contributed by atoms with Crippen molar-refractivity contribution < 1.29 is 9.90 Å². The molecule has 0 aliphatic heterocycles. The molecule has 0 saturated carbocycles. The number of aromatic nitrogens is 2. The Labute approximate surface area is 181 Å². The second-order valence-electron chi connectivity index (χ2n) is 8.01. The van der Waals surface area contributed by atoms with Gasteiger partial charge in [-0.2, -0.15) is 0 Å². The number of anilines is 1. The Balaban J connectivity index is 1.33. The maximum atomic E-state index is 12.2. The van der Waals surface area contributed by atoms with E-state index in [0.717, 1.165) is 36.7 Å². The van der Waals surface area contributed by atoms with Gasteiger partial charge in [-0.1, -0.05) is 18.2 Å². The van der Waals surface area contributed by atoms with E-state index in [0.29, 0.717) is 12.2 Å². The molecule has 0 radical (unpaired) electrons. The molecule has 0 fully saturated rings. The molecule has 3 N–H and O–H groups in total. The zero-order valence-electron chi connectivity index (χ0n) is 17.8. The van der Waals surface area contributed by atoms with Gasteiger partial charge in [0.25, 0.3) is 0 Å². The Morgan fingerprint density at radius 3 is 2.84 bits per heavy atom. The van der Waals surface area contributed by atoms with Gasteiger partial charge in [0.2, 0.25) is 11.3 Å². The zero-order chi connectivity index (χ0) is 21.8. The van der Waals surface area contributed by atoms with Crippen LogP contribution in [0.15, 0.2) is 41.3 Å². The average Bonchev–Trinajstić information content (AvgIpc) is 2.78. The average molecular weight is 421 g/mol. The summed E-state index contributed by atoms with van der Waals surface area (Å²) in [6, 6.07) is 9.50. The Morgan fingerprint density at radius 1 is 1.16 bits per heavy atom. The summed E-state index contributed by atoms with van der Waals surface area (Å²) in [6.07, 6.45) is 6.78. The highest BCUT2D eigenvalue weighted by atomic mass is 16.3. The van der Waals surface area contributed by atoms with Crippen LogP contribution in [0.1, 0.15) is 36.2 Å². The van der Waals surface area contributed by atoms with Crippen LogP contribution in [0.2, 0.25) is 0 Å². The third-order valence-corrected chi connectivity index (χ3v) is 5.87. The third-order valence-electron chi connectivity index (χ3n) is 5.87. The molecular formula is C24H28N4O3. The van der Waals surface area contributed by atoms with Crippen molar-refractivity contribution in [3.8, 4) is 5.75 Å². The number of aromatic hydroxyl groups is 1. The number of nitrogens with one attached hydrogen (secondary N) is 2. The van der Waals surface area contributed by atoms with Crippen LogP contribution in [0.3, 0.4) is 0 Å². The monoisotopic (exact) mass is 420 g/mol. The Kier molecular flexibility index (Phi) is 6.21. The summed E-state index contributed by atoms with van der Waals surface area (Å²) < 4.78 is 1.57. The molecule has 7 nitrogen and oxygen atoms in total. The van der Waals surface area contributed by atoms with Gasteiger partial charge in [0.15, 0.2) is 5.75 Å². The van der Waals surface area contributed by atoms with Gasteiger partial charge in [-0.05, 0) is 50.7 Å². The number of nitrogens with zero attached hydrogens (tertiary/aromatic N) is 2. The fourth-order valence-electron chi connectivity index (χ4n) is 4.15. The van der Waals surface area contributed by atoms with Gasteiger partial charge in [0.1, 0.15) is 6.54 Å². The van der Waals surface area contributed by atoms with E-state index in [2.05, 4.69) is 22.8 Å². The molecule has 7 heteroatoms. The normalized spacial score (nSPS) is 13.1. The van der Waals surface area contributed by atoms with Crippen molar-refractivity contribution in [1.29, 1.82) is 0 Å². The van der Waals surface area contributed by atoms with Crippen molar-refractivity contribution in [3.05, 3.63) is 63.7 Å². The molecule has 1 aliphatic rings. The van der Waals surface area contributed by atoms with Gasteiger partial charge in [-0.15, -0.1) is 0 Å². The van der Waals surface area contributed by atoms with Gasteiger partial charge in [-0.3, -0.25) is 14.6 Å². The molecule has 0 bridgehead atoms. The standard InChI is InChI=1S/C24H28N4O3/c1-16-24(31)21(29)11-14-28(16)15-22(30)25-12-6-13-26-23-17-7-2-4-9-19(17)27-20-10-5-3-8-18(20)23/h2,4,7,9,11,14,31H,3,5-6,8,10,12-13,15H2,1H3,(H,25,30)(H,26,27). The lowest BCUT2D eigenvalue weighted by molar-refractivity contribution is -0.121. The minimum absolute atomic E-state index is 0.0651. The lowest BCUT2D eigenvalue weighted by Gasteiger charge is -2.21. The minimum Gasteiger partial charge on any atom is -0.503 e. The molecule has 0 spiro atoms. The highest BCUT2D eigenvalue weighted by Crippen LogP contribution is 2.33. The minimum atomic E-state index is -0.439. The highest BCUT2D eigenvalue weighted by molar-refractivity contribution is 5.93. The molecule has 1 aromatic carbocycles. The van der Waals surface area contributed by atoms with Crippen LogP contribution in [-0.2, 0) is 24.2 Å². The molecule has 0 atom stereocenters. The number of carbonyl (C=O) groups excluding carboxylic acids is 1. The van der Waals surface area contributed by atoms with E-state index >= 15 is 0 Å². The molecule has 31 heavy (non-hydrogen) atoms. The predicted molar refractivity (Wildman–Crippen MR) is 122 cm³/mol. The summed E-state index contributed by atoms with van der Waals surface area (Å²) >= 11 is 0. The van der Waals surface area contributed by atoms with Crippen molar-refractivity contribution in [2.45, 2.75) is 45.6 Å². The van der Waals surface area contributed by atoms with E-state index in [1.807, 2.05) is 12.1 Å². The summed E-state index contributed by atoms with van der Waals surface area (Å²) in [5, 5.41) is 17.4. The molecule has 0 saturated heterocycles. The van der Waals surface area contributed by atoms with Crippen molar-refractivity contribution in [2.24, 2.45) is 0 Å². The molecule has 162 valence electrons. The van der Waals surface area contributed by atoms with Gasteiger partial charge in [0, 0.05) is 42.1 Å².